The average molecular weight is 326 g/mol. The highest BCUT2D eigenvalue weighted by Crippen LogP contribution is 2.25. The molecule has 5 nitrogen and oxygen atoms in total. The van der Waals surface area contributed by atoms with Crippen molar-refractivity contribution in [3.8, 4) is 5.69 Å². The summed E-state index contributed by atoms with van der Waals surface area (Å²) < 4.78 is 38.4. The van der Waals surface area contributed by atoms with Crippen molar-refractivity contribution in [1.29, 1.82) is 0 Å². The number of hydrogen-bond acceptors (Lipinski definition) is 3. The van der Waals surface area contributed by atoms with Crippen LogP contribution in [0.25, 0.3) is 5.69 Å². The molecular weight excluding hydrogens is 309 g/mol. The highest BCUT2D eigenvalue weighted by atomic mass is 19.4. The highest BCUT2D eigenvalue weighted by Gasteiger charge is 2.29. The van der Waals surface area contributed by atoms with Gasteiger partial charge in [0.15, 0.2) is 0 Å². The van der Waals surface area contributed by atoms with Gasteiger partial charge in [-0.3, -0.25) is 9.78 Å². The minimum atomic E-state index is -4.34. The third-order valence-corrected chi connectivity index (χ3v) is 3.31. The Morgan fingerprint density at radius 2 is 2.13 bits per heavy atom. The minimum Gasteiger partial charge on any atom is -0.310 e. The van der Waals surface area contributed by atoms with E-state index in [-0.39, 0.29) is 6.54 Å². The summed E-state index contributed by atoms with van der Waals surface area (Å²) in [6, 6.07) is 3.54. The van der Waals surface area contributed by atoms with Gasteiger partial charge < -0.3 is 4.90 Å². The molecular formula is C15H17F3N4O. The Balaban J connectivity index is 2.21. The van der Waals surface area contributed by atoms with Crippen LogP contribution in [0.5, 0.6) is 0 Å². The van der Waals surface area contributed by atoms with Crippen LogP contribution in [-0.2, 0) is 4.79 Å². The standard InChI is InChI=1S/C15H17F3N4O/c1-3-21(14(23)6-7-15(16,17)18)13-10-22(20-11(13)2)12-5-4-8-19-9-12/h4-5,8-10H,3,6-7H2,1-2H3. The van der Waals surface area contributed by atoms with E-state index in [1.165, 1.54) is 4.90 Å². The van der Waals surface area contributed by atoms with Crippen LogP contribution in [0.1, 0.15) is 25.5 Å². The highest BCUT2D eigenvalue weighted by molar-refractivity contribution is 5.93. The second-order valence-corrected chi connectivity index (χ2v) is 5.01. The molecule has 23 heavy (non-hydrogen) atoms. The Kier molecular flexibility index (Phi) is 5.02. The molecule has 0 aliphatic heterocycles. The fraction of sp³-hybridized carbons (Fsp3) is 0.400. The van der Waals surface area contributed by atoms with Crippen molar-refractivity contribution in [2.45, 2.75) is 32.9 Å². The number of alkyl halides is 3. The SMILES string of the molecule is CCN(C(=O)CCC(F)(F)F)c1cn(-c2cccnc2)nc1C. The smallest absolute Gasteiger partial charge is 0.310 e. The molecule has 2 aromatic heterocycles. The summed E-state index contributed by atoms with van der Waals surface area (Å²) in [5, 5.41) is 4.30. The number of pyridine rings is 1. The van der Waals surface area contributed by atoms with Gasteiger partial charge in [-0.25, -0.2) is 4.68 Å². The first-order valence-corrected chi connectivity index (χ1v) is 7.15. The topological polar surface area (TPSA) is 51.0 Å². The van der Waals surface area contributed by atoms with Crippen molar-refractivity contribution in [1.82, 2.24) is 14.8 Å². The molecule has 1 amide bonds. The second kappa shape index (κ2) is 6.80. The van der Waals surface area contributed by atoms with E-state index in [0.29, 0.717) is 17.1 Å². The second-order valence-electron chi connectivity index (χ2n) is 5.01. The van der Waals surface area contributed by atoms with Crippen molar-refractivity contribution >= 4 is 11.6 Å². The fourth-order valence-electron chi connectivity index (χ4n) is 2.20. The Morgan fingerprint density at radius 3 is 2.70 bits per heavy atom. The zero-order valence-corrected chi connectivity index (χ0v) is 12.8. The van der Waals surface area contributed by atoms with Crippen LogP contribution in [-0.4, -0.2) is 33.4 Å². The van der Waals surface area contributed by atoms with Crippen molar-refractivity contribution in [3.05, 3.63) is 36.4 Å². The molecule has 0 N–H and O–H groups in total. The maximum atomic E-state index is 12.3. The number of anilines is 1. The van der Waals surface area contributed by atoms with Gasteiger partial charge in [0.1, 0.15) is 0 Å². The summed E-state index contributed by atoms with van der Waals surface area (Å²) in [5.41, 5.74) is 1.78. The van der Waals surface area contributed by atoms with Crippen molar-refractivity contribution in [2.75, 3.05) is 11.4 Å². The molecule has 0 saturated heterocycles. The number of carbonyl (C=O) groups is 1. The number of hydrogen-bond donors (Lipinski definition) is 0. The molecule has 0 fully saturated rings. The van der Waals surface area contributed by atoms with Crippen molar-refractivity contribution < 1.29 is 18.0 Å². The predicted molar refractivity (Wildman–Crippen MR) is 79.4 cm³/mol. The lowest BCUT2D eigenvalue weighted by Crippen LogP contribution is -2.31. The molecule has 0 aliphatic carbocycles. The van der Waals surface area contributed by atoms with Crippen LogP contribution in [0.3, 0.4) is 0 Å². The van der Waals surface area contributed by atoms with E-state index in [4.69, 9.17) is 0 Å². The summed E-state index contributed by atoms with van der Waals surface area (Å²) in [4.78, 5) is 17.4. The van der Waals surface area contributed by atoms with Gasteiger partial charge in [-0.05, 0) is 26.0 Å². The Labute approximate surface area is 131 Å². The molecule has 2 rings (SSSR count). The Morgan fingerprint density at radius 1 is 1.39 bits per heavy atom. The van der Waals surface area contributed by atoms with E-state index in [1.54, 1.807) is 49.3 Å². The van der Waals surface area contributed by atoms with Gasteiger partial charge in [0, 0.05) is 19.2 Å². The van der Waals surface area contributed by atoms with E-state index < -0.39 is 24.9 Å². The minimum absolute atomic E-state index is 0.274. The molecule has 0 saturated carbocycles. The molecule has 0 aromatic carbocycles. The van der Waals surface area contributed by atoms with Crippen LogP contribution < -0.4 is 4.90 Å². The number of aromatic nitrogens is 3. The maximum absolute atomic E-state index is 12.3. The van der Waals surface area contributed by atoms with Crippen LogP contribution >= 0.6 is 0 Å². The molecule has 124 valence electrons. The van der Waals surface area contributed by atoms with Crippen LogP contribution in [0.15, 0.2) is 30.7 Å². The normalized spacial score (nSPS) is 11.5. The Hall–Kier alpha value is -2.38. The maximum Gasteiger partial charge on any atom is 0.389 e. The first-order valence-electron chi connectivity index (χ1n) is 7.15. The lowest BCUT2D eigenvalue weighted by molar-refractivity contribution is -0.143. The molecule has 0 spiro atoms. The molecule has 0 radical (unpaired) electrons. The lowest BCUT2D eigenvalue weighted by atomic mass is 10.2. The number of halogens is 3. The zero-order valence-electron chi connectivity index (χ0n) is 12.8. The summed E-state index contributed by atoms with van der Waals surface area (Å²) in [6.45, 7) is 3.70. The third kappa shape index (κ3) is 4.30. The van der Waals surface area contributed by atoms with Gasteiger partial charge in [0.05, 0.1) is 35.9 Å². The van der Waals surface area contributed by atoms with E-state index >= 15 is 0 Å². The zero-order chi connectivity index (χ0) is 17.0. The molecule has 8 heteroatoms. The predicted octanol–water partition coefficient (Wildman–Crippen LogP) is 3.27. The van der Waals surface area contributed by atoms with Crippen LogP contribution in [0, 0.1) is 6.92 Å². The molecule has 2 aromatic rings. The average Bonchev–Trinajstić information content (AvgIpc) is 2.88. The summed E-state index contributed by atoms with van der Waals surface area (Å²) in [7, 11) is 0. The van der Waals surface area contributed by atoms with Gasteiger partial charge in [-0.2, -0.15) is 18.3 Å². The summed E-state index contributed by atoms with van der Waals surface area (Å²) in [6.07, 6.45) is -1.18. The monoisotopic (exact) mass is 326 g/mol. The Bertz CT molecular complexity index is 667. The van der Waals surface area contributed by atoms with E-state index in [9.17, 15) is 18.0 Å². The van der Waals surface area contributed by atoms with E-state index in [2.05, 4.69) is 10.1 Å². The first-order chi connectivity index (χ1) is 10.8. The van der Waals surface area contributed by atoms with Gasteiger partial charge >= 0.3 is 6.18 Å². The molecule has 0 unspecified atom stereocenters. The van der Waals surface area contributed by atoms with Crippen molar-refractivity contribution in [2.24, 2.45) is 0 Å². The number of rotatable bonds is 5. The van der Waals surface area contributed by atoms with Gasteiger partial charge in [0.2, 0.25) is 5.91 Å². The lowest BCUT2D eigenvalue weighted by Gasteiger charge is -2.20. The molecule has 0 bridgehead atoms. The number of amides is 1. The van der Waals surface area contributed by atoms with E-state index in [0.717, 1.165) is 0 Å². The van der Waals surface area contributed by atoms with Crippen molar-refractivity contribution in [3.63, 3.8) is 0 Å². The third-order valence-electron chi connectivity index (χ3n) is 3.31. The molecule has 0 atom stereocenters. The van der Waals surface area contributed by atoms with Gasteiger partial charge in [-0.1, -0.05) is 0 Å². The molecule has 2 heterocycles. The van der Waals surface area contributed by atoms with Gasteiger partial charge in [-0.15, -0.1) is 0 Å². The molecule has 0 aliphatic rings. The van der Waals surface area contributed by atoms with Crippen LogP contribution in [0.2, 0.25) is 0 Å². The van der Waals surface area contributed by atoms with E-state index in [1.807, 2.05) is 0 Å². The number of carbonyl (C=O) groups excluding carboxylic acids is 1. The first kappa shape index (κ1) is 17.0. The van der Waals surface area contributed by atoms with Crippen LogP contribution in [0.4, 0.5) is 18.9 Å². The number of aryl methyl sites for hydroxylation is 1. The fourth-order valence-corrected chi connectivity index (χ4v) is 2.20. The quantitative estimate of drug-likeness (QED) is 0.847. The largest absolute Gasteiger partial charge is 0.389 e. The summed E-state index contributed by atoms with van der Waals surface area (Å²) >= 11 is 0. The number of nitrogens with zero attached hydrogens (tertiary/aromatic N) is 4. The summed E-state index contributed by atoms with van der Waals surface area (Å²) in [5.74, 6) is -0.571. The van der Waals surface area contributed by atoms with Gasteiger partial charge in [0.25, 0.3) is 0 Å².